The third-order valence-electron chi connectivity index (χ3n) is 3.79. The van der Waals surface area contributed by atoms with Gasteiger partial charge in [-0.25, -0.2) is 4.98 Å². The van der Waals surface area contributed by atoms with E-state index in [0.717, 1.165) is 10.9 Å². The van der Waals surface area contributed by atoms with Gasteiger partial charge in [0.1, 0.15) is 5.15 Å². The van der Waals surface area contributed by atoms with E-state index >= 15 is 0 Å². The summed E-state index contributed by atoms with van der Waals surface area (Å²) in [6, 6.07) is 14.6. The van der Waals surface area contributed by atoms with Crippen LogP contribution >= 0.6 is 11.6 Å². The number of ether oxygens (including phenoxy) is 2. The average molecular weight is 354 g/mol. The van der Waals surface area contributed by atoms with Gasteiger partial charge in [0, 0.05) is 16.5 Å². The van der Waals surface area contributed by atoms with Crippen LogP contribution in [0, 0.1) is 0 Å². The Bertz CT molecular complexity index is 966. The molecule has 3 rings (SSSR count). The third kappa shape index (κ3) is 3.64. The molecule has 0 aliphatic carbocycles. The number of halogens is 1. The van der Waals surface area contributed by atoms with Gasteiger partial charge in [0.25, 0.3) is 0 Å². The molecule has 2 aromatic carbocycles. The van der Waals surface area contributed by atoms with Gasteiger partial charge in [-0.15, -0.1) is 0 Å². The van der Waals surface area contributed by atoms with Gasteiger partial charge >= 0.3 is 0 Å². The number of carbonyl (C=O) groups is 1. The minimum atomic E-state index is -0.162. The fourth-order valence-electron chi connectivity index (χ4n) is 2.48. The summed E-state index contributed by atoms with van der Waals surface area (Å²) < 4.78 is 10.4. The molecular weight excluding hydrogens is 338 g/mol. The first-order valence-electron chi connectivity index (χ1n) is 7.62. The fourth-order valence-corrected chi connectivity index (χ4v) is 2.69. The molecule has 0 aliphatic heterocycles. The molecule has 0 aliphatic rings. The van der Waals surface area contributed by atoms with Crippen molar-refractivity contribution in [2.45, 2.75) is 0 Å². The summed E-state index contributed by atoms with van der Waals surface area (Å²) in [5, 5.41) is 1.32. The maximum atomic E-state index is 12.4. The van der Waals surface area contributed by atoms with Gasteiger partial charge in [-0.05, 0) is 42.5 Å². The van der Waals surface area contributed by atoms with Gasteiger partial charge in [-0.3, -0.25) is 4.79 Å². The third-order valence-corrected chi connectivity index (χ3v) is 4.09. The lowest BCUT2D eigenvalue weighted by Gasteiger charge is -2.08. The quantitative estimate of drug-likeness (QED) is 0.375. The summed E-state index contributed by atoms with van der Waals surface area (Å²) in [6.07, 6.45) is 3.14. The molecule has 0 unspecified atom stereocenters. The number of nitrogens with zero attached hydrogens (tertiary/aromatic N) is 1. The van der Waals surface area contributed by atoms with Crippen LogP contribution in [0.2, 0.25) is 5.15 Å². The van der Waals surface area contributed by atoms with E-state index in [1.54, 1.807) is 31.4 Å². The van der Waals surface area contributed by atoms with Crippen LogP contribution in [0.15, 0.2) is 54.6 Å². The molecule has 0 fully saturated rings. The lowest BCUT2D eigenvalue weighted by atomic mass is 10.1. The summed E-state index contributed by atoms with van der Waals surface area (Å²) >= 11 is 6.21. The highest BCUT2D eigenvalue weighted by Crippen LogP contribution is 2.28. The van der Waals surface area contributed by atoms with E-state index in [0.29, 0.717) is 27.8 Å². The molecule has 0 saturated carbocycles. The number of allylic oxidation sites excluding steroid dienone is 1. The Morgan fingerprint density at radius 2 is 1.80 bits per heavy atom. The van der Waals surface area contributed by atoms with E-state index < -0.39 is 0 Å². The molecule has 126 valence electrons. The predicted molar refractivity (Wildman–Crippen MR) is 99.7 cm³/mol. The molecule has 25 heavy (non-hydrogen) atoms. The average Bonchev–Trinajstić information content (AvgIpc) is 2.65. The lowest BCUT2D eigenvalue weighted by Crippen LogP contribution is -1.97. The van der Waals surface area contributed by atoms with Crippen molar-refractivity contribution in [1.29, 1.82) is 0 Å². The summed E-state index contributed by atoms with van der Waals surface area (Å²) in [6.45, 7) is 0. The van der Waals surface area contributed by atoms with Crippen molar-refractivity contribution < 1.29 is 14.3 Å². The van der Waals surface area contributed by atoms with Crippen LogP contribution in [0.4, 0.5) is 0 Å². The Hall–Kier alpha value is -2.85. The molecule has 0 N–H and O–H groups in total. The molecule has 0 atom stereocenters. The van der Waals surface area contributed by atoms with Crippen molar-refractivity contribution in [3.63, 3.8) is 0 Å². The second-order valence-electron chi connectivity index (χ2n) is 5.33. The molecule has 1 aromatic heterocycles. The van der Waals surface area contributed by atoms with Crippen LogP contribution in [0.3, 0.4) is 0 Å². The van der Waals surface area contributed by atoms with Crippen molar-refractivity contribution in [1.82, 2.24) is 4.98 Å². The minimum Gasteiger partial charge on any atom is -0.493 e. The molecule has 0 amide bonds. The van der Waals surface area contributed by atoms with Crippen molar-refractivity contribution in [3.8, 4) is 11.5 Å². The monoisotopic (exact) mass is 353 g/mol. The van der Waals surface area contributed by atoms with E-state index in [2.05, 4.69) is 4.98 Å². The zero-order chi connectivity index (χ0) is 17.8. The number of para-hydroxylation sites is 1. The second-order valence-corrected chi connectivity index (χ2v) is 5.69. The van der Waals surface area contributed by atoms with Crippen LogP contribution in [-0.2, 0) is 0 Å². The number of aromatic nitrogens is 1. The predicted octanol–water partition coefficient (Wildman–Crippen LogP) is 4.80. The number of pyridine rings is 1. The van der Waals surface area contributed by atoms with Crippen LogP contribution in [0.1, 0.15) is 15.9 Å². The molecule has 1 heterocycles. The van der Waals surface area contributed by atoms with Gasteiger partial charge in [-0.1, -0.05) is 29.8 Å². The van der Waals surface area contributed by atoms with E-state index in [1.807, 2.05) is 30.3 Å². The van der Waals surface area contributed by atoms with Gasteiger partial charge < -0.3 is 9.47 Å². The van der Waals surface area contributed by atoms with Crippen LogP contribution in [-0.4, -0.2) is 25.0 Å². The lowest BCUT2D eigenvalue weighted by molar-refractivity contribution is 0.104. The highest BCUT2D eigenvalue weighted by molar-refractivity contribution is 6.31. The highest BCUT2D eigenvalue weighted by atomic mass is 35.5. The number of ketones is 1. The van der Waals surface area contributed by atoms with Crippen LogP contribution < -0.4 is 9.47 Å². The Balaban J connectivity index is 1.89. The maximum Gasteiger partial charge on any atom is 0.185 e. The number of rotatable bonds is 5. The van der Waals surface area contributed by atoms with Crippen molar-refractivity contribution in [2.75, 3.05) is 14.2 Å². The molecule has 0 radical (unpaired) electrons. The number of hydrogen-bond acceptors (Lipinski definition) is 4. The normalized spacial score (nSPS) is 11.0. The molecule has 0 saturated heterocycles. The zero-order valence-electron chi connectivity index (χ0n) is 13.8. The largest absolute Gasteiger partial charge is 0.493 e. The van der Waals surface area contributed by atoms with Gasteiger partial charge in [0.05, 0.1) is 19.7 Å². The molecule has 0 bridgehead atoms. The smallest absolute Gasteiger partial charge is 0.185 e. The fraction of sp³-hybridized carbons (Fsp3) is 0.100. The number of hydrogen-bond donors (Lipinski definition) is 0. The van der Waals surface area contributed by atoms with E-state index in [9.17, 15) is 4.79 Å². The van der Waals surface area contributed by atoms with E-state index in [4.69, 9.17) is 21.1 Å². The Morgan fingerprint density at radius 3 is 2.56 bits per heavy atom. The first-order valence-corrected chi connectivity index (χ1v) is 8.00. The first kappa shape index (κ1) is 17.0. The number of methoxy groups -OCH3 is 2. The van der Waals surface area contributed by atoms with Gasteiger partial charge in [0.2, 0.25) is 0 Å². The summed E-state index contributed by atoms with van der Waals surface area (Å²) in [5.41, 5.74) is 2.00. The molecule has 5 heteroatoms. The number of carbonyl (C=O) groups excluding carboxylic acids is 1. The Labute approximate surface area is 150 Å². The van der Waals surface area contributed by atoms with E-state index in [-0.39, 0.29) is 5.78 Å². The summed E-state index contributed by atoms with van der Waals surface area (Å²) in [4.78, 5) is 16.8. The number of fused-ring (bicyclic) bond motifs is 1. The summed E-state index contributed by atoms with van der Waals surface area (Å²) in [7, 11) is 3.08. The highest BCUT2D eigenvalue weighted by Gasteiger charge is 2.09. The van der Waals surface area contributed by atoms with Crippen molar-refractivity contribution >= 4 is 34.4 Å². The Morgan fingerprint density at radius 1 is 1.04 bits per heavy atom. The zero-order valence-corrected chi connectivity index (χ0v) is 14.6. The molecule has 4 nitrogen and oxygen atoms in total. The van der Waals surface area contributed by atoms with Crippen molar-refractivity contribution in [2.24, 2.45) is 0 Å². The summed E-state index contributed by atoms with van der Waals surface area (Å²) in [5.74, 6) is 0.919. The first-order chi connectivity index (χ1) is 12.1. The maximum absolute atomic E-state index is 12.4. The second kappa shape index (κ2) is 7.36. The van der Waals surface area contributed by atoms with Crippen LogP contribution in [0.5, 0.6) is 11.5 Å². The molecule has 0 spiro atoms. The van der Waals surface area contributed by atoms with Crippen molar-refractivity contribution in [3.05, 3.63) is 70.9 Å². The van der Waals surface area contributed by atoms with Gasteiger partial charge in [-0.2, -0.15) is 0 Å². The Kier molecular flexibility index (Phi) is 5.00. The minimum absolute atomic E-state index is 0.162. The molecule has 3 aromatic rings. The van der Waals surface area contributed by atoms with E-state index in [1.165, 1.54) is 13.2 Å². The topological polar surface area (TPSA) is 48.4 Å². The molecular formula is C20H16ClNO3. The van der Waals surface area contributed by atoms with Gasteiger partial charge in [0.15, 0.2) is 17.3 Å². The SMILES string of the molecule is COc1ccc(C(=O)C=Cc2cc3ccccc3nc2Cl)cc1OC. The number of benzene rings is 2. The standard InChI is InChI=1S/C20H16ClNO3/c1-24-18-10-8-14(12-19(18)25-2)17(23)9-7-15-11-13-5-3-4-6-16(13)22-20(15)21/h3-12H,1-2H3. The van der Waals surface area contributed by atoms with Crippen LogP contribution in [0.25, 0.3) is 17.0 Å².